The summed E-state index contributed by atoms with van der Waals surface area (Å²) in [5.74, 6) is 0.612. The monoisotopic (exact) mass is 287 g/mol. The standard InChI is InChI=1S/C14H19Cl2NO/c1-11-9-12(15)14(13(16)10-11)18-8-7-17-5-3-2-4-6-17/h9-10H,2-8H2,1H3. The fourth-order valence-corrected chi connectivity index (χ4v) is 2.99. The third kappa shape index (κ3) is 3.78. The summed E-state index contributed by atoms with van der Waals surface area (Å²) in [4.78, 5) is 2.43. The molecule has 0 bridgehead atoms. The Hall–Kier alpha value is -0.440. The van der Waals surface area contributed by atoms with Crippen LogP contribution in [0.5, 0.6) is 5.75 Å². The van der Waals surface area contributed by atoms with Gasteiger partial charge in [0.25, 0.3) is 0 Å². The van der Waals surface area contributed by atoms with Crippen molar-refractivity contribution in [3.8, 4) is 5.75 Å². The van der Waals surface area contributed by atoms with Gasteiger partial charge in [-0.05, 0) is 50.6 Å². The minimum absolute atomic E-state index is 0.596. The Morgan fingerprint density at radius 2 is 1.72 bits per heavy atom. The summed E-state index contributed by atoms with van der Waals surface area (Å²) in [6.07, 6.45) is 3.95. The van der Waals surface area contributed by atoms with Crippen LogP contribution in [0.25, 0.3) is 0 Å². The Balaban J connectivity index is 1.86. The maximum Gasteiger partial charge on any atom is 0.156 e. The molecule has 1 aliphatic rings. The maximum absolute atomic E-state index is 6.13. The molecule has 1 aromatic rings. The minimum atomic E-state index is 0.596. The fraction of sp³-hybridized carbons (Fsp3) is 0.571. The summed E-state index contributed by atoms with van der Waals surface area (Å²) in [5, 5.41) is 1.19. The normalized spacial score (nSPS) is 16.8. The third-order valence-electron chi connectivity index (χ3n) is 3.25. The molecule has 1 saturated heterocycles. The molecule has 0 saturated carbocycles. The van der Waals surface area contributed by atoms with E-state index >= 15 is 0 Å². The van der Waals surface area contributed by atoms with Crippen LogP contribution in [0.2, 0.25) is 10.0 Å². The van der Waals surface area contributed by atoms with Crippen LogP contribution in [-0.2, 0) is 0 Å². The van der Waals surface area contributed by atoms with Crippen LogP contribution < -0.4 is 4.74 Å². The topological polar surface area (TPSA) is 12.5 Å². The first-order valence-electron chi connectivity index (χ1n) is 6.47. The molecular weight excluding hydrogens is 269 g/mol. The van der Waals surface area contributed by atoms with Crippen LogP contribution >= 0.6 is 23.2 Å². The highest BCUT2D eigenvalue weighted by Gasteiger charge is 2.12. The minimum Gasteiger partial charge on any atom is -0.489 e. The molecule has 0 amide bonds. The summed E-state index contributed by atoms with van der Waals surface area (Å²) in [5.41, 5.74) is 1.05. The predicted molar refractivity (Wildman–Crippen MR) is 77.0 cm³/mol. The lowest BCUT2D eigenvalue weighted by Crippen LogP contribution is -2.33. The van der Waals surface area contributed by atoms with Crippen molar-refractivity contribution in [3.05, 3.63) is 27.7 Å². The molecular formula is C14H19Cl2NO. The Morgan fingerprint density at radius 3 is 2.33 bits per heavy atom. The molecule has 0 aliphatic carbocycles. The van der Waals surface area contributed by atoms with Gasteiger partial charge in [-0.2, -0.15) is 0 Å². The number of piperidine rings is 1. The summed E-state index contributed by atoms with van der Waals surface area (Å²) < 4.78 is 5.72. The van der Waals surface area contributed by atoms with Crippen molar-refractivity contribution < 1.29 is 4.74 Å². The Labute approximate surface area is 119 Å². The van der Waals surface area contributed by atoms with Gasteiger partial charge in [-0.1, -0.05) is 29.6 Å². The van der Waals surface area contributed by atoms with Crippen molar-refractivity contribution in [3.63, 3.8) is 0 Å². The molecule has 0 aromatic heterocycles. The van der Waals surface area contributed by atoms with Gasteiger partial charge in [-0.25, -0.2) is 0 Å². The second kappa shape index (κ2) is 6.65. The van der Waals surface area contributed by atoms with E-state index in [1.807, 2.05) is 19.1 Å². The molecule has 0 spiro atoms. The second-order valence-corrected chi connectivity index (χ2v) is 5.62. The van der Waals surface area contributed by atoms with E-state index in [0.29, 0.717) is 22.4 Å². The van der Waals surface area contributed by atoms with E-state index in [1.54, 1.807) is 0 Å². The first-order chi connectivity index (χ1) is 8.66. The number of halogens is 2. The number of likely N-dealkylation sites (tertiary alicyclic amines) is 1. The van der Waals surface area contributed by atoms with Crippen LogP contribution in [0, 0.1) is 6.92 Å². The van der Waals surface area contributed by atoms with Crippen LogP contribution in [0.4, 0.5) is 0 Å². The molecule has 1 heterocycles. The molecule has 0 radical (unpaired) electrons. The quantitative estimate of drug-likeness (QED) is 0.824. The van der Waals surface area contributed by atoms with Gasteiger partial charge in [0, 0.05) is 6.54 Å². The number of aryl methyl sites for hydroxylation is 1. The maximum atomic E-state index is 6.13. The lowest BCUT2D eigenvalue weighted by atomic mass is 10.1. The number of ether oxygens (including phenoxy) is 1. The summed E-state index contributed by atoms with van der Waals surface area (Å²) in [6, 6.07) is 3.76. The molecule has 100 valence electrons. The zero-order valence-electron chi connectivity index (χ0n) is 10.7. The van der Waals surface area contributed by atoms with Gasteiger partial charge in [0.15, 0.2) is 5.75 Å². The van der Waals surface area contributed by atoms with E-state index in [1.165, 1.54) is 32.4 Å². The smallest absolute Gasteiger partial charge is 0.156 e. The summed E-state index contributed by atoms with van der Waals surface area (Å²) in [6.45, 7) is 5.91. The number of rotatable bonds is 4. The number of nitrogens with zero attached hydrogens (tertiary/aromatic N) is 1. The van der Waals surface area contributed by atoms with Crippen molar-refractivity contribution in [2.24, 2.45) is 0 Å². The zero-order valence-corrected chi connectivity index (χ0v) is 12.2. The average molecular weight is 288 g/mol. The van der Waals surface area contributed by atoms with Crippen LogP contribution in [0.15, 0.2) is 12.1 Å². The highest BCUT2D eigenvalue weighted by Crippen LogP contribution is 2.33. The lowest BCUT2D eigenvalue weighted by molar-refractivity contribution is 0.183. The van der Waals surface area contributed by atoms with Gasteiger partial charge >= 0.3 is 0 Å². The number of benzene rings is 1. The SMILES string of the molecule is Cc1cc(Cl)c(OCCN2CCCCC2)c(Cl)c1. The van der Waals surface area contributed by atoms with Crippen molar-refractivity contribution in [2.45, 2.75) is 26.2 Å². The lowest BCUT2D eigenvalue weighted by Gasteiger charge is -2.26. The molecule has 0 atom stereocenters. The highest BCUT2D eigenvalue weighted by molar-refractivity contribution is 6.37. The van der Waals surface area contributed by atoms with Crippen LogP contribution in [-0.4, -0.2) is 31.1 Å². The van der Waals surface area contributed by atoms with Crippen LogP contribution in [0.1, 0.15) is 24.8 Å². The van der Waals surface area contributed by atoms with Gasteiger partial charge < -0.3 is 4.74 Å². The molecule has 1 aromatic carbocycles. The first-order valence-corrected chi connectivity index (χ1v) is 7.23. The van der Waals surface area contributed by atoms with E-state index in [4.69, 9.17) is 27.9 Å². The summed E-state index contributed by atoms with van der Waals surface area (Å²) >= 11 is 12.3. The molecule has 2 nitrogen and oxygen atoms in total. The molecule has 0 unspecified atom stereocenters. The van der Waals surface area contributed by atoms with Crippen molar-refractivity contribution in [1.82, 2.24) is 4.90 Å². The molecule has 0 N–H and O–H groups in total. The first kappa shape index (κ1) is 14.0. The van der Waals surface area contributed by atoms with E-state index in [-0.39, 0.29) is 0 Å². The highest BCUT2D eigenvalue weighted by atomic mass is 35.5. The average Bonchev–Trinajstić information content (AvgIpc) is 2.34. The molecule has 2 rings (SSSR count). The van der Waals surface area contributed by atoms with Gasteiger partial charge in [0.05, 0.1) is 10.0 Å². The van der Waals surface area contributed by atoms with Gasteiger partial charge in [0.1, 0.15) is 6.61 Å². The Morgan fingerprint density at radius 1 is 1.11 bits per heavy atom. The molecule has 18 heavy (non-hydrogen) atoms. The molecule has 4 heteroatoms. The van der Waals surface area contributed by atoms with Gasteiger partial charge in [-0.15, -0.1) is 0 Å². The third-order valence-corrected chi connectivity index (χ3v) is 3.81. The Bertz CT molecular complexity index is 380. The zero-order chi connectivity index (χ0) is 13.0. The fourth-order valence-electron chi connectivity index (χ4n) is 2.28. The van der Waals surface area contributed by atoms with Gasteiger partial charge in [0.2, 0.25) is 0 Å². The van der Waals surface area contributed by atoms with E-state index in [0.717, 1.165) is 12.1 Å². The van der Waals surface area contributed by atoms with E-state index in [9.17, 15) is 0 Å². The van der Waals surface area contributed by atoms with Crippen LogP contribution in [0.3, 0.4) is 0 Å². The van der Waals surface area contributed by atoms with Crippen molar-refractivity contribution in [1.29, 1.82) is 0 Å². The number of hydrogen-bond acceptors (Lipinski definition) is 2. The summed E-state index contributed by atoms with van der Waals surface area (Å²) in [7, 11) is 0. The van der Waals surface area contributed by atoms with E-state index < -0.39 is 0 Å². The van der Waals surface area contributed by atoms with Crippen molar-refractivity contribution >= 4 is 23.2 Å². The van der Waals surface area contributed by atoms with E-state index in [2.05, 4.69) is 4.90 Å². The molecule has 1 aliphatic heterocycles. The van der Waals surface area contributed by atoms with Crippen molar-refractivity contribution in [2.75, 3.05) is 26.2 Å². The molecule has 1 fully saturated rings. The van der Waals surface area contributed by atoms with Gasteiger partial charge in [-0.3, -0.25) is 4.90 Å². The number of hydrogen-bond donors (Lipinski definition) is 0. The Kier molecular flexibility index (Phi) is 5.16. The second-order valence-electron chi connectivity index (χ2n) is 4.81. The largest absolute Gasteiger partial charge is 0.489 e. The predicted octanol–water partition coefficient (Wildman–Crippen LogP) is 4.17.